The van der Waals surface area contributed by atoms with Crippen LogP contribution in [0.3, 0.4) is 0 Å². The van der Waals surface area contributed by atoms with Crippen LogP contribution in [-0.4, -0.2) is 45.9 Å². The summed E-state index contributed by atoms with van der Waals surface area (Å²) in [5.74, 6) is -0.737. The molecule has 0 saturated heterocycles. The van der Waals surface area contributed by atoms with Crippen molar-refractivity contribution in [2.45, 2.75) is 13.1 Å². The van der Waals surface area contributed by atoms with Crippen LogP contribution >= 0.6 is 0 Å². The predicted octanol–water partition coefficient (Wildman–Crippen LogP) is 0.765. The summed E-state index contributed by atoms with van der Waals surface area (Å²) in [6.07, 6.45) is -3.51. The topological polar surface area (TPSA) is 116 Å². The Balaban J connectivity index is 2.06. The van der Waals surface area contributed by atoms with Crippen LogP contribution in [0.4, 0.5) is 19.1 Å². The van der Waals surface area contributed by atoms with Gasteiger partial charge in [-0.05, 0) is 29.5 Å². The zero-order valence-corrected chi connectivity index (χ0v) is 12.9. The first-order valence-electron chi connectivity index (χ1n) is 6.76. The number of pyridine rings is 1. The number of amides is 1. The zero-order chi connectivity index (χ0) is 18.2. The Kier molecular flexibility index (Phi) is 3.90. The van der Waals surface area contributed by atoms with Crippen molar-refractivity contribution in [2.75, 3.05) is 5.32 Å². The third-order valence-corrected chi connectivity index (χ3v) is 3.08. The summed E-state index contributed by atoms with van der Waals surface area (Å²) in [7, 11) is 1.49. The highest BCUT2D eigenvalue weighted by Crippen LogP contribution is 2.29. The third kappa shape index (κ3) is 3.29. The summed E-state index contributed by atoms with van der Waals surface area (Å²) < 4.78 is 41.0. The average molecular weight is 353 g/mol. The highest BCUT2D eigenvalue weighted by molar-refractivity contribution is 6.05. The SMILES string of the molecule is Cc1ncn(-c2nc(C(F)(F)F)ccc2C(=O)Nc2nnnn2C)n1. The van der Waals surface area contributed by atoms with Gasteiger partial charge in [0, 0.05) is 7.05 Å². The molecule has 10 nitrogen and oxygen atoms in total. The molecular weight excluding hydrogens is 343 g/mol. The van der Waals surface area contributed by atoms with Gasteiger partial charge < -0.3 is 0 Å². The number of anilines is 1. The van der Waals surface area contributed by atoms with Crippen molar-refractivity contribution >= 4 is 11.9 Å². The first kappa shape index (κ1) is 16.5. The van der Waals surface area contributed by atoms with Crippen molar-refractivity contribution in [1.82, 2.24) is 40.0 Å². The van der Waals surface area contributed by atoms with Crippen molar-refractivity contribution < 1.29 is 18.0 Å². The number of aryl methyl sites for hydroxylation is 2. The van der Waals surface area contributed by atoms with E-state index in [1.54, 1.807) is 6.92 Å². The Morgan fingerprint density at radius 3 is 2.60 bits per heavy atom. The number of carbonyl (C=O) groups is 1. The molecule has 1 amide bonds. The van der Waals surface area contributed by atoms with Gasteiger partial charge in [-0.1, -0.05) is 5.10 Å². The molecule has 0 aliphatic rings. The summed E-state index contributed by atoms with van der Waals surface area (Å²) >= 11 is 0. The van der Waals surface area contributed by atoms with Crippen LogP contribution in [0.2, 0.25) is 0 Å². The maximum absolute atomic E-state index is 12.9. The lowest BCUT2D eigenvalue weighted by molar-refractivity contribution is -0.141. The van der Waals surface area contributed by atoms with Gasteiger partial charge in [0.1, 0.15) is 17.8 Å². The molecule has 0 fully saturated rings. The predicted molar refractivity (Wildman–Crippen MR) is 75.6 cm³/mol. The second-order valence-corrected chi connectivity index (χ2v) is 4.88. The lowest BCUT2D eigenvalue weighted by atomic mass is 10.2. The molecule has 25 heavy (non-hydrogen) atoms. The van der Waals surface area contributed by atoms with Crippen molar-refractivity contribution in [3.05, 3.63) is 35.5 Å². The summed E-state index contributed by atoms with van der Waals surface area (Å²) in [6, 6.07) is 1.71. The third-order valence-electron chi connectivity index (χ3n) is 3.08. The van der Waals surface area contributed by atoms with Crippen molar-refractivity contribution in [3.63, 3.8) is 0 Å². The number of nitrogens with zero attached hydrogens (tertiary/aromatic N) is 8. The number of carbonyl (C=O) groups excluding carboxylic acids is 1. The summed E-state index contributed by atoms with van der Waals surface area (Å²) in [6.45, 7) is 1.55. The highest BCUT2D eigenvalue weighted by atomic mass is 19.4. The molecule has 0 spiro atoms. The summed E-state index contributed by atoms with van der Waals surface area (Å²) in [5.41, 5.74) is -1.31. The molecule has 3 aromatic rings. The second kappa shape index (κ2) is 5.92. The van der Waals surface area contributed by atoms with E-state index < -0.39 is 17.8 Å². The van der Waals surface area contributed by atoms with E-state index in [1.165, 1.54) is 18.1 Å². The number of halogens is 3. The fourth-order valence-corrected chi connectivity index (χ4v) is 1.91. The minimum Gasteiger partial charge on any atom is -0.289 e. The molecule has 13 heteroatoms. The monoisotopic (exact) mass is 353 g/mol. The number of tetrazole rings is 1. The number of rotatable bonds is 3. The first-order valence-corrected chi connectivity index (χ1v) is 6.76. The molecule has 0 unspecified atom stereocenters. The lowest BCUT2D eigenvalue weighted by Gasteiger charge is -2.12. The summed E-state index contributed by atoms with van der Waals surface area (Å²) in [4.78, 5) is 19.8. The Bertz CT molecular complexity index is 930. The van der Waals surface area contributed by atoms with Crippen LogP contribution < -0.4 is 5.32 Å². The van der Waals surface area contributed by atoms with Gasteiger partial charge in [0.2, 0.25) is 5.95 Å². The number of alkyl halides is 3. The number of nitrogens with one attached hydrogen (secondary N) is 1. The maximum atomic E-state index is 12.9. The van der Waals surface area contributed by atoms with E-state index in [0.717, 1.165) is 10.7 Å². The number of aromatic nitrogens is 8. The van der Waals surface area contributed by atoms with Gasteiger partial charge in [0.05, 0.1) is 5.56 Å². The van der Waals surface area contributed by atoms with Crippen LogP contribution in [0.5, 0.6) is 0 Å². The van der Waals surface area contributed by atoms with E-state index in [0.29, 0.717) is 11.9 Å². The molecule has 0 atom stereocenters. The fraction of sp³-hybridized carbons (Fsp3) is 0.250. The molecular formula is C12H10F3N9O. The fourth-order valence-electron chi connectivity index (χ4n) is 1.91. The van der Waals surface area contributed by atoms with E-state index >= 15 is 0 Å². The molecule has 0 saturated carbocycles. The van der Waals surface area contributed by atoms with E-state index in [4.69, 9.17) is 0 Å². The van der Waals surface area contributed by atoms with Crippen molar-refractivity contribution in [2.24, 2.45) is 7.05 Å². The van der Waals surface area contributed by atoms with E-state index in [9.17, 15) is 18.0 Å². The quantitative estimate of drug-likeness (QED) is 0.739. The Morgan fingerprint density at radius 2 is 2.04 bits per heavy atom. The molecule has 0 aliphatic carbocycles. The van der Waals surface area contributed by atoms with Gasteiger partial charge in [0.15, 0.2) is 5.82 Å². The van der Waals surface area contributed by atoms with Gasteiger partial charge in [-0.25, -0.2) is 19.3 Å². The molecule has 3 rings (SSSR count). The molecule has 1 N–H and O–H groups in total. The molecule has 3 heterocycles. The van der Waals surface area contributed by atoms with Gasteiger partial charge in [-0.2, -0.15) is 18.3 Å². The van der Waals surface area contributed by atoms with Crippen LogP contribution in [0.15, 0.2) is 18.5 Å². The van der Waals surface area contributed by atoms with Gasteiger partial charge in [-0.15, -0.1) is 0 Å². The Hall–Kier alpha value is -3.38. The maximum Gasteiger partial charge on any atom is 0.433 e. The first-order chi connectivity index (χ1) is 11.8. The van der Waals surface area contributed by atoms with E-state index in [1.807, 2.05) is 0 Å². The normalized spacial score (nSPS) is 11.6. The van der Waals surface area contributed by atoms with Crippen LogP contribution in [-0.2, 0) is 13.2 Å². The highest BCUT2D eigenvalue weighted by Gasteiger charge is 2.34. The molecule has 3 aromatic heterocycles. The van der Waals surface area contributed by atoms with Crippen molar-refractivity contribution in [3.8, 4) is 5.82 Å². The lowest BCUT2D eigenvalue weighted by Crippen LogP contribution is -2.20. The van der Waals surface area contributed by atoms with Gasteiger partial charge >= 0.3 is 6.18 Å². The minimum atomic E-state index is -4.67. The molecule has 0 radical (unpaired) electrons. The van der Waals surface area contributed by atoms with E-state index in [2.05, 4.69) is 35.9 Å². The van der Waals surface area contributed by atoms with Gasteiger partial charge in [-0.3, -0.25) is 10.1 Å². The number of hydrogen-bond donors (Lipinski definition) is 1. The smallest absolute Gasteiger partial charge is 0.289 e. The second-order valence-electron chi connectivity index (χ2n) is 4.88. The largest absolute Gasteiger partial charge is 0.433 e. The molecule has 0 bridgehead atoms. The summed E-state index contributed by atoms with van der Waals surface area (Å²) in [5, 5.41) is 16.8. The van der Waals surface area contributed by atoms with Crippen molar-refractivity contribution in [1.29, 1.82) is 0 Å². The van der Waals surface area contributed by atoms with E-state index in [-0.39, 0.29) is 17.3 Å². The zero-order valence-electron chi connectivity index (χ0n) is 12.9. The van der Waals surface area contributed by atoms with Crippen LogP contribution in [0.1, 0.15) is 21.9 Å². The average Bonchev–Trinajstić information content (AvgIpc) is 3.15. The Labute approximate surface area is 137 Å². The minimum absolute atomic E-state index is 0.0191. The standard InChI is InChI=1S/C12H10F3N9O/c1-6-16-5-24(20-6)9-7(3-4-8(17-9)12(13,14)15)10(25)18-11-19-21-22-23(11)2/h3-5H,1-2H3,(H,18,19,22,25). The molecule has 0 aromatic carbocycles. The van der Waals surface area contributed by atoms with Crippen LogP contribution in [0.25, 0.3) is 5.82 Å². The molecule has 0 aliphatic heterocycles. The van der Waals surface area contributed by atoms with Crippen LogP contribution in [0, 0.1) is 6.92 Å². The Morgan fingerprint density at radius 1 is 1.28 bits per heavy atom. The van der Waals surface area contributed by atoms with Gasteiger partial charge in [0.25, 0.3) is 5.91 Å². The molecule has 130 valence electrons. The number of hydrogen-bond acceptors (Lipinski definition) is 7.